The summed E-state index contributed by atoms with van der Waals surface area (Å²) in [5.74, 6) is -1.54. The van der Waals surface area contributed by atoms with E-state index in [4.69, 9.17) is 4.74 Å². The summed E-state index contributed by atoms with van der Waals surface area (Å²) in [4.78, 5) is 23.9. The van der Waals surface area contributed by atoms with Gasteiger partial charge in [-0.3, -0.25) is 9.59 Å². The van der Waals surface area contributed by atoms with E-state index >= 15 is 0 Å². The molecule has 18 heavy (non-hydrogen) atoms. The van der Waals surface area contributed by atoms with E-state index in [2.05, 4.69) is 0 Å². The maximum atomic E-state index is 12.0. The fraction of sp³-hybridized carbons (Fsp3) is 0.833. The molecule has 0 saturated heterocycles. The van der Waals surface area contributed by atoms with E-state index in [1.54, 1.807) is 6.92 Å². The molecule has 0 aromatic carbocycles. The van der Waals surface area contributed by atoms with Crippen LogP contribution in [0.2, 0.25) is 0 Å². The Morgan fingerprint density at radius 2 is 1.39 bits per heavy atom. The fourth-order valence-corrected chi connectivity index (χ4v) is 2.49. The third-order valence-electron chi connectivity index (χ3n) is 2.95. The lowest BCUT2D eigenvalue weighted by atomic mass is 9.61. The summed E-state index contributed by atoms with van der Waals surface area (Å²) in [6.45, 7) is 8.06. The van der Waals surface area contributed by atoms with Crippen LogP contribution in [-0.2, 0) is 14.3 Å². The number of hydrogen-bond acceptors (Lipinski definition) is 5. The Kier molecular flexibility index (Phi) is 6.82. The molecule has 0 amide bonds. The van der Waals surface area contributed by atoms with Crippen LogP contribution < -0.4 is 0 Å². The van der Waals surface area contributed by atoms with Gasteiger partial charge in [0.25, 0.3) is 0 Å². The molecular formula is C12H25AlO5. The smallest absolute Gasteiger partial charge is 0.325 e. The van der Waals surface area contributed by atoms with E-state index in [9.17, 15) is 19.8 Å². The summed E-state index contributed by atoms with van der Waals surface area (Å²) in [6, 6.07) is 0. The number of aliphatic hydroxyl groups is 2. The summed E-state index contributed by atoms with van der Waals surface area (Å²) in [6.07, 6.45) is 0. The van der Waals surface area contributed by atoms with Crippen LogP contribution in [0.3, 0.4) is 0 Å². The van der Waals surface area contributed by atoms with E-state index in [1.165, 1.54) is 27.7 Å². The number of rotatable bonds is 5. The Balaban J connectivity index is 0. The molecule has 0 bridgehead atoms. The van der Waals surface area contributed by atoms with Gasteiger partial charge in [0.2, 0.25) is 0 Å². The first-order chi connectivity index (χ1) is 7.42. The minimum atomic E-state index is -2.00. The number of ketones is 1. The molecule has 0 aliphatic rings. The number of esters is 1. The molecule has 0 rings (SSSR count). The van der Waals surface area contributed by atoms with Gasteiger partial charge in [0.05, 0.1) is 17.8 Å². The molecular weight excluding hydrogens is 251 g/mol. The maximum Gasteiger partial charge on any atom is 0.325 e. The average Bonchev–Trinajstić information content (AvgIpc) is 1.97. The second-order valence-electron chi connectivity index (χ2n) is 5.14. The van der Waals surface area contributed by atoms with Crippen molar-refractivity contribution in [1.82, 2.24) is 0 Å². The summed E-state index contributed by atoms with van der Waals surface area (Å²) in [5.41, 5.74) is -5.47. The number of hydrogen-bond donors (Lipinski definition) is 2. The van der Waals surface area contributed by atoms with Crippen LogP contribution in [0.25, 0.3) is 0 Å². The van der Waals surface area contributed by atoms with Gasteiger partial charge in [-0.1, -0.05) is 0 Å². The van der Waals surface area contributed by atoms with Gasteiger partial charge < -0.3 is 14.9 Å². The van der Waals surface area contributed by atoms with E-state index in [-0.39, 0.29) is 24.0 Å². The van der Waals surface area contributed by atoms with Crippen LogP contribution in [-0.4, -0.2) is 57.1 Å². The monoisotopic (exact) mass is 276 g/mol. The van der Waals surface area contributed by atoms with Crippen LogP contribution in [0.5, 0.6) is 0 Å². The first-order valence-corrected chi connectivity index (χ1v) is 5.56. The highest BCUT2D eigenvalue weighted by atomic mass is 27.0. The first-order valence-electron chi connectivity index (χ1n) is 5.56. The van der Waals surface area contributed by atoms with E-state index in [0.29, 0.717) is 0 Å². The standard InChI is InChI=1S/C12H22O5.Al.3H/c1-7-17-9(14)12(8(2)13,10(3,4)15)11(5,6)16;;;;/h15-16H,7H2,1-6H3;;;;. The van der Waals surface area contributed by atoms with Gasteiger partial charge in [-0.25, -0.2) is 0 Å². The second-order valence-corrected chi connectivity index (χ2v) is 5.14. The average molecular weight is 276 g/mol. The summed E-state index contributed by atoms with van der Waals surface area (Å²) in [7, 11) is 0. The molecule has 2 N–H and O–H groups in total. The van der Waals surface area contributed by atoms with Gasteiger partial charge in [-0.15, -0.1) is 0 Å². The summed E-state index contributed by atoms with van der Waals surface area (Å²) >= 11 is 0. The van der Waals surface area contributed by atoms with Crippen LogP contribution in [0, 0.1) is 5.41 Å². The van der Waals surface area contributed by atoms with E-state index < -0.39 is 28.4 Å². The Morgan fingerprint density at radius 3 is 1.56 bits per heavy atom. The number of carbonyl (C=O) groups is 2. The molecule has 0 saturated carbocycles. The van der Waals surface area contributed by atoms with Gasteiger partial charge >= 0.3 is 5.97 Å². The fourth-order valence-electron chi connectivity index (χ4n) is 2.49. The van der Waals surface area contributed by atoms with Crippen molar-refractivity contribution in [2.75, 3.05) is 6.61 Å². The Bertz CT molecular complexity index is 297. The zero-order chi connectivity index (χ0) is 14.1. The lowest BCUT2D eigenvalue weighted by Gasteiger charge is -2.46. The minimum absolute atomic E-state index is 0. The third kappa shape index (κ3) is 3.13. The van der Waals surface area contributed by atoms with Crippen LogP contribution in [0.15, 0.2) is 0 Å². The zero-order valence-corrected chi connectivity index (χ0v) is 11.3. The Hall–Kier alpha value is -0.408. The van der Waals surface area contributed by atoms with Gasteiger partial charge in [0.15, 0.2) is 28.6 Å². The molecule has 0 fully saturated rings. The van der Waals surface area contributed by atoms with Crippen LogP contribution in [0.1, 0.15) is 41.5 Å². The van der Waals surface area contributed by atoms with Crippen LogP contribution in [0.4, 0.5) is 0 Å². The topological polar surface area (TPSA) is 83.8 Å². The molecule has 5 nitrogen and oxygen atoms in total. The molecule has 0 heterocycles. The SMILES string of the molecule is CCOC(=O)C(C(C)=O)(C(C)(C)O)C(C)(C)O.[AlH3]. The lowest BCUT2D eigenvalue weighted by molar-refractivity contribution is -0.203. The molecule has 0 aromatic rings. The molecule has 6 heteroatoms. The Labute approximate surface area is 119 Å². The minimum Gasteiger partial charge on any atom is -0.465 e. The zero-order valence-electron chi connectivity index (χ0n) is 11.3. The van der Waals surface area contributed by atoms with Crippen molar-refractivity contribution in [1.29, 1.82) is 0 Å². The number of ether oxygens (including phenoxy) is 1. The highest BCUT2D eigenvalue weighted by Gasteiger charge is 2.64. The molecule has 0 aliphatic carbocycles. The van der Waals surface area contributed by atoms with Crippen molar-refractivity contribution < 1.29 is 24.5 Å². The molecule has 0 aromatic heterocycles. The highest BCUT2D eigenvalue weighted by Crippen LogP contribution is 2.43. The molecule has 0 spiro atoms. The predicted octanol–water partition coefficient (Wildman–Crippen LogP) is -0.517. The molecule has 0 unspecified atom stereocenters. The summed E-state index contributed by atoms with van der Waals surface area (Å²) < 4.78 is 4.84. The van der Waals surface area contributed by atoms with Gasteiger partial charge in [0, 0.05) is 0 Å². The van der Waals surface area contributed by atoms with Gasteiger partial charge in [0.1, 0.15) is 0 Å². The molecule has 0 atom stereocenters. The molecule has 0 radical (unpaired) electrons. The van der Waals surface area contributed by atoms with Crippen molar-refractivity contribution in [3.05, 3.63) is 0 Å². The number of Topliss-reactive ketones (excluding diaryl/α,β-unsaturated/α-hetero) is 1. The summed E-state index contributed by atoms with van der Waals surface area (Å²) in [5, 5.41) is 20.3. The van der Waals surface area contributed by atoms with Crippen molar-refractivity contribution in [2.24, 2.45) is 5.41 Å². The largest absolute Gasteiger partial charge is 0.465 e. The third-order valence-corrected chi connectivity index (χ3v) is 2.95. The maximum absolute atomic E-state index is 12.0. The van der Waals surface area contributed by atoms with Crippen molar-refractivity contribution in [3.63, 3.8) is 0 Å². The van der Waals surface area contributed by atoms with Crippen molar-refractivity contribution >= 4 is 29.1 Å². The predicted molar refractivity (Wildman–Crippen MR) is 72.3 cm³/mol. The lowest BCUT2D eigenvalue weighted by Crippen LogP contribution is -2.65. The van der Waals surface area contributed by atoms with Gasteiger partial charge in [-0.05, 0) is 41.5 Å². The van der Waals surface area contributed by atoms with E-state index in [1.807, 2.05) is 0 Å². The van der Waals surface area contributed by atoms with Gasteiger partial charge in [-0.2, -0.15) is 0 Å². The van der Waals surface area contributed by atoms with E-state index in [0.717, 1.165) is 6.92 Å². The first kappa shape index (κ1) is 19.9. The van der Waals surface area contributed by atoms with Crippen molar-refractivity contribution in [2.45, 2.75) is 52.7 Å². The normalized spacial score (nSPS) is 12.7. The Morgan fingerprint density at radius 1 is 1.06 bits per heavy atom. The molecule has 106 valence electrons. The highest BCUT2D eigenvalue weighted by molar-refractivity contribution is 6.05. The van der Waals surface area contributed by atoms with Crippen LogP contribution >= 0.6 is 0 Å². The quantitative estimate of drug-likeness (QED) is 0.401. The molecule has 0 aliphatic heterocycles. The van der Waals surface area contributed by atoms with Crippen molar-refractivity contribution in [3.8, 4) is 0 Å². The number of carbonyl (C=O) groups excluding carboxylic acids is 2. The second kappa shape index (κ2) is 6.16.